The van der Waals surface area contributed by atoms with Crippen LogP contribution in [0.15, 0.2) is 60.8 Å². The molecule has 0 amide bonds. The number of phosphoric acid groups is 1. The normalized spacial score (nSPS) is 22.6. The molecule has 9 atom stereocenters. The van der Waals surface area contributed by atoms with Gasteiger partial charge in [-0.1, -0.05) is 132 Å². The Morgan fingerprint density at radius 3 is 1.50 bits per heavy atom. The minimum absolute atomic E-state index is 0.00618. The molecule has 7 N–H and O–H groups in total. The van der Waals surface area contributed by atoms with Gasteiger partial charge >= 0.3 is 19.8 Å². The van der Waals surface area contributed by atoms with Crippen molar-refractivity contribution in [2.45, 2.75) is 223 Å². The molecule has 0 radical (unpaired) electrons. The lowest BCUT2D eigenvalue weighted by molar-refractivity contribution is -0.220. The third-order valence-corrected chi connectivity index (χ3v) is 11.8. The summed E-state index contributed by atoms with van der Waals surface area (Å²) in [5.41, 5.74) is 0. The SMILES string of the molecule is CCCCCCCC/C=C\CCCCCCCCCC(=O)OC[C@H](COP(=O)(O)OC1[C@H](O)[C@H](O)C(O)[C@H](O)[C@H]1O)OC(=O)CCC/C=C\C/C=C\C/C=C\C/C=C\CCC[C@H](C)O. The first kappa shape index (κ1) is 59.5. The Labute approximate surface area is 384 Å². The third-order valence-electron chi connectivity index (χ3n) is 10.8. The second-order valence-electron chi connectivity index (χ2n) is 16.9. The van der Waals surface area contributed by atoms with Gasteiger partial charge in [0.15, 0.2) is 6.10 Å². The molecule has 64 heavy (non-hydrogen) atoms. The van der Waals surface area contributed by atoms with Gasteiger partial charge in [0.05, 0.1) is 12.7 Å². The zero-order valence-corrected chi connectivity index (χ0v) is 39.8. The van der Waals surface area contributed by atoms with Crippen LogP contribution in [0.5, 0.6) is 0 Å². The van der Waals surface area contributed by atoms with Crippen molar-refractivity contribution in [1.29, 1.82) is 0 Å². The van der Waals surface area contributed by atoms with Gasteiger partial charge in [0.25, 0.3) is 0 Å². The first-order valence-electron chi connectivity index (χ1n) is 24.1. The highest BCUT2D eigenvalue weighted by Gasteiger charge is 2.51. The van der Waals surface area contributed by atoms with Gasteiger partial charge in [0, 0.05) is 12.8 Å². The molecule has 0 saturated heterocycles. The average molecular weight is 929 g/mol. The highest BCUT2D eigenvalue weighted by atomic mass is 31.2. The lowest BCUT2D eigenvalue weighted by Gasteiger charge is -2.41. The van der Waals surface area contributed by atoms with Crippen molar-refractivity contribution < 1.29 is 68.2 Å². The van der Waals surface area contributed by atoms with E-state index in [1.54, 1.807) is 6.92 Å². The monoisotopic (exact) mass is 929 g/mol. The van der Waals surface area contributed by atoms with Gasteiger partial charge in [-0.25, -0.2) is 4.57 Å². The smallest absolute Gasteiger partial charge is 0.462 e. The summed E-state index contributed by atoms with van der Waals surface area (Å²) in [6.45, 7) is 2.80. The molecule has 0 heterocycles. The Kier molecular flexibility index (Phi) is 35.9. The number of phosphoric ester groups is 1. The van der Waals surface area contributed by atoms with Gasteiger partial charge in [0.1, 0.15) is 43.2 Å². The Balaban J connectivity index is 2.49. The molecule has 0 bridgehead atoms. The van der Waals surface area contributed by atoms with Crippen molar-refractivity contribution in [2.75, 3.05) is 13.2 Å². The van der Waals surface area contributed by atoms with E-state index in [1.165, 1.54) is 57.8 Å². The number of esters is 2. The number of rotatable bonds is 39. The molecular formula is C49H85O14P. The standard InChI is InChI=1S/C49H85O14P/c1-3-4-5-6-7-8-9-10-11-12-15-18-21-24-27-30-33-36-42(51)60-38-41(39-61-64(58,59)63-49-47(56)45(54)44(53)46(55)48(49)57)62-43(52)37-34-31-28-25-22-19-16-13-14-17-20-23-26-29-32-35-40(2)50/h10-11,14,16-17,19,23,25-26,28,40-41,44-50,53-57H,3-9,12-13,15,18,20-22,24,27,29-39H2,1-2H3,(H,58,59)/b11-10-,17-14-,19-16-,26-23-,28-25-/t40-,41+,44?,45-,46+,47+,48+,49?/m0/s1. The van der Waals surface area contributed by atoms with Crippen LogP contribution in [0.25, 0.3) is 0 Å². The fourth-order valence-electron chi connectivity index (χ4n) is 6.94. The lowest BCUT2D eigenvalue weighted by atomic mass is 9.85. The summed E-state index contributed by atoms with van der Waals surface area (Å²) in [7, 11) is -5.15. The van der Waals surface area contributed by atoms with E-state index in [9.17, 15) is 49.7 Å². The van der Waals surface area contributed by atoms with Gasteiger partial charge in [0.2, 0.25) is 0 Å². The minimum Gasteiger partial charge on any atom is -0.462 e. The van der Waals surface area contributed by atoms with E-state index in [0.717, 1.165) is 70.6 Å². The number of carbonyl (C=O) groups is 2. The van der Waals surface area contributed by atoms with Crippen LogP contribution in [-0.2, 0) is 32.7 Å². The summed E-state index contributed by atoms with van der Waals surface area (Å²) in [5.74, 6) is -1.19. The van der Waals surface area contributed by atoms with Gasteiger partial charge in [-0.05, 0) is 90.4 Å². The van der Waals surface area contributed by atoms with Crippen LogP contribution in [0.4, 0.5) is 0 Å². The van der Waals surface area contributed by atoms with Crippen LogP contribution in [-0.4, -0.2) is 110 Å². The molecule has 1 saturated carbocycles. The van der Waals surface area contributed by atoms with Crippen molar-refractivity contribution in [3.8, 4) is 0 Å². The van der Waals surface area contributed by atoms with E-state index < -0.39 is 75.7 Å². The molecule has 0 spiro atoms. The maximum Gasteiger partial charge on any atom is 0.472 e. The van der Waals surface area contributed by atoms with Crippen molar-refractivity contribution >= 4 is 19.8 Å². The number of aliphatic hydroxyl groups excluding tert-OH is 6. The highest BCUT2D eigenvalue weighted by Crippen LogP contribution is 2.47. The molecule has 370 valence electrons. The van der Waals surface area contributed by atoms with Crippen molar-refractivity contribution in [3.63, 3.8) is 0 Å². The van der Waals surface area contributed by atoms with Crippen molar-refractivity contribution in [2.24, 2.45) is 0 Å². The first-order chi connectivity index (χ1) is 30.8. The first-order valence-corrected chi connectivity index (χ1v) is 25.6. The van der Waals surface area contributed by atoms with Crippen LogP contribution in [0.1, 0.15) is 174 Å². The summed E-state index contributed by atoms with van der Waals surface area (Å²) in [5, 5.41) is 59.5. The van der Waals surface area contributed by atoms with E-state index in [1.807, 2.05) is 12.2 Å². The molecule has 0 aromatic carbocycles. The predicted molar refractivity (Wildman–Crippen MR) is 250 cm³/mol. The number of hydrogen-bond acceptors (Lipinski definition) is 13. The molecular weight excluding hydrogens is 843 g/mol. The summed E-state index contributed by atoms with van der Waals surface area (Å²) >= 11 is 0. The quantitative estimate of drug-likeness (QED) is 0.0132. The Morgan fingerprint density at radius 2 is 0.969 bits per heavy atom. The summed E-state index contributed by atoms with van der Waals surface area (Å²) in [6, 6.07) is 0. The fourth-order valence-corrected chi connectivity index (χ4v) is 7.91. The van der Waals surface area contributed by atoms with Crippen LogP contribution >= 0.6 is 7.82 Å². The maximum atomic E-state index is 12.8. The molecule has 1 rings (SSSR count). The van der Waals surface area contributed by atoms with Crippen molar-refractivity contribution in [1.82, 2.24) is 0 Å². The Morgan fingerprint density at radius 1 is 0.547 bits per heavy atom. The molecule has 1 fully saturated rings. The number of hydrogen-bond donors (Lipinski definition) is 7. The summed E-state index contributed by atoms with van der Waals surface area (Å²) in [6.07, 6.45) is 31.2. The summed E-state index contributed by atoms with van der Waals surface area (Å²) in [4.78, 5) is 35.7. The fraction of sp³-hybridized carbons (Fsp3) is 0.755. The van der Waals surface area contributed by atoms with E-state index in [-0.39, 0.29) is 18.9 Å². The molecule has 0 aromatic rings. The minimum atomic E-state index is -5.15. The highest BCUT2D eigenvalue weighted by molar-refractivity contribution is 7.47. The van der Waals surface area contributed by atoms with Crippen LogP contribution in [0.2, 0.25) is 0 Å². The number of allylic oxidation sites excluding steroid dienone is 10. The van der Waals surface area contributed by atoms with E-state index in [4.69, 9.17) is 18.5 Å². The molecule has 3 unspecified atom stereocenters. The van der Waals surface area contributed by atoms with Gasteiger partial charge in [-0.15, -0.1) is 0 Å². The molecule has 15 heteroatoms. The van der Waals surface area contributed by atoms with Crippen LogP contribution in [0.3, 0.4) is 0 Å². The number of unbranched alkanes of at least 4 members (excludes halogenated alkanes) is 15. The zero-order chi connectivity index (χ0) is 47.3. The zero-order valence-electron chi connectivity index (χ0n) is 38.9. The Bertz CT molecular complexity index is 1360. The van der Waals surface area contributed by atoms with Gasteiger partial charge < -0.3 is 45.0 Å². The number of aliphatic hydroxyl groups is 6. The topological polar surface area (TPSA) is 230 Å². The van der Waals surface area contributed by atoms with Gasteiger partial charge in [-0.2, -0.15) is 0 Å². The second kappa shape index (κ2) is 38.6. The Hall–Kier alpha value is -2.49. The average Bonchev–Trinajstić information content (AvgIpc) is 3.26. The largest absolute Gasteiger partial charge is 0.472 e. The molecule has 14 nitrogen and oxygen atoms in total. The summed E-state index contributed by atoms with van der Waals surface area (Å²) < 4.78 is 33.5. The maximum absolute atomic E-state index is 12.8. The number of carbonyl (C=O) groups excluding carboxylic acids is 2. The van der Waals surface area contributed by atoms with Gasteiger partial charge in [-0.3, -0.25) is 18.6 Å². The second-order valence-corrected chi connectivity index (χ2v) is 18.3. The predicted octanol–water partition coefficient (Wildman–Crippen LogP) is 8.70. The molecule has 1 aliphatic carbocycles. The van der Waals surface area contributed by atoms with Crippen molar-refractivity contribution in [3.05, 3.63) is 60.8 Å². The van der Waals surface area contributed by atoms with Crippen LogP contribution in [0, 0.1) is 0 Å². The number of ether oxygens (including phenoxy) is 2. The molecule has 0 aliphatic heterocycles. The molecule has 1 aliphatic rings. The van der Waals surface area contributed by atoms with E-state index in [0.29, 0.717) is 19.3 Å². The van der Waals surface area contributed by atoms with E-state index in [2.05, 4.69) is 55.5 Å². The van der Waals surface area contributed by atoms with E-state index >= 15 is 0 Å². The molecule has 0 aromatic heterocycles. The van der Waals surface area contributed by atoms with Crippen LogP contribution < -0.4 is 0 Å². The lowest BCUT2D eigenvalue weighted by Crippen LogP contribution is -2.64. The third kappa shape index (κ3) is 31.4.